The van der Waals surface area contributed by atoms with E-state index in [1.165, 1.54) is 47.9 Å². The van der Waals surface area contributed by atoms with Crippen LogP contribution in [0.4, 0.5) is 0 Å². The van der Waals surface area contributed by atoms with Gasteiger partial charge in [0.2, 0.25) is 0 Å². The summed E-state index contributed by atoms with van der Waals surface area (Å²) in [6, 6.07) is 18.8. The standard InChI is InChI=1S/C19H21.BrH.Mg/c1-3-13-19(14-4-2)17-11-7-5-9-15(17)16-10-6-8-12-18(16)19;;/h5-7,9-12H,3-4,13-14H2,1-2H3;1H;/q-1;;+2/p-1. The summed E-state index contributed by atoms with van der Waals surface area (Å²) in [6.45, 7) is 4.59. The van der Waals surface area contributed by atoms with Crippen molar-refractivity contribution in [2.75, 3.05) is 0 Å². The Morgan fingerprint density at radius 2 is 1.52 bits per heavy atom. The molecule has 2 heteroatoms. The largest absolute Gasteiger partial charge is 2.00 e. The Hall–Kier alpha value is -0.314. The fourth-order valence-electron chi connectivity index (χ4n) is 3.86. The molecule has 2 aromatic carbocycles. The van der Waals surface area contributed by atoms with Crippen LogP contribution in [0, 0.1) is 6.07 Å². The second-order valence-corrected chi connectivity index (χ2v) is 5.60. The SMILES string of the molecule is CCCC1(CCC)c2c[c-]ccc2-c2ccccc21.[Br-].[Mg+2]. The van der Waals surface area contributed by atoms with Crippen LogP contribution in [0.2, 0.25) is 0 Å². The first-order chi connectivity index (χ1) is 9.33. The smallest absolute Gasteiger partial charge is 1.00 e. The summed E-state index contributed by atoms with van der Waals surface area (Å²) >= 11 is 0. The van der Waals surface area contributed by atoms with Crippen LogP contribution in [0.1, 0.15) is 50.7 Å². The molecule has 2 aromatic rings. The van der Waals surface area contributed by atoms with E-state index in [0.29, 0.717) is 0 Å². The van der Waals surface area contributed by atoms with Gasteiger partial charge in [-0.1, -0.05) is 63.8 Å². The van der Waals surface area contributed by atoms with Gasteiger partial charge in [-0.15, -0.1) is 11.1 Å². The zero-order valence-corrected chi connectivity index (χ0v) is 16.0. The van der Waals surface area contributed by atoms with Gasteiger partial charge in [-0.05, 0) is 16.5 Å². The summed E-state index contributed by atoms with van der Waals surface area (Å²) in [5, 5.41) is 0. The van der Waals surface area contributed by atoms with Crippen LogP contribution in [0.25, 0.3) is 11.1 Å². The predicted octanol–water partition coefficient (Wildman–Crippen LogP) is 1.98. The first kappa shape index (κ1) is 18.7. The molecular formula is C19H21BrMg. The van der Waals surface area contributed by atoms with Crippen molar-refractivity contribution in [1.29, 1.82) is 0 Å². The van der Waals surface area contributed by atoms with Gasteiger partial charge in [-0.25, -0.2) is 0 Å². The second kappa shape index (κ2) is 7.80. The molecule has 0 unspecified atom stereocenters. The van der Waals surface area contributed by atoms with Crippen molar-refractivity contribution >= 4 is 23.1 Å². The Morgan fingerprint density at radius 3 is 2.19 bits per heavy atom. The molecule has 0 aromatic heterocycles. The summed E-state index contributed by atoms with van der Waals surface area (Å²) in [5.41, 5.74) is 6.13. The fourth-order valence-corrected chi connectivity index (χ4v) is 3.86. The summed E-state index contributed by atoms with van der Waals surface area (Å²) in [7, 11) is 0. The van der Waals surface area contributed by atoms with E-state index in [1.807, 2.05) is 6.07 Å². The Balaban J connectivity index is 0.00000110. The van der Waals surface area contributed by atoms with Gasteiger partial charge in [-0.3, -0.25) is 0 Å². The van der Waals surface area contributed by atoms with Gasteiger partial charge < -0.3 is 17.0 Å². The van der Waals surface area contributed by atoms with Crippen molar-refractivity contribution in [3.8, 4) is 11.1 Å². The molecular weight excluding hydrogens is 332 g/mol. The van der Waals surface area contributed by atoms with Crippen LogP contribution in [0.3, 0.4) is 0 Å². The summed E-state index contributed by atoms with van der Waals surface area (Å²) in [4.78, 5) is 0. The minimum Gasteiger partial charge on any atom is -1.00 e. The normalized spacial score (nSPS) is 13.6. The molecule has 21 heavy (non-hydrogen) atoms. The minimum atomic E-state index is 0. The van der Waals surface area contributed by atoms with E-state index in [2.05, 4.69) is 56.3 Å². The zero-order chi connectivity index (χ0) is 13.3. The van der Waals surface area contributed by atoms with Crippen LogP contribution in [-0.4, -0.2) is 23.1 Å². The molecule has 0 amide bonds. The van der Waals surface area contributed by atoms with Crippen LogP contribution < -0.4 is 17.0 Å². The Labute approximate surface area is 155 Å². The number of hydrogen-bond acceptors (Lipinski definition) is 0. The molecule has 1 aliphatic rings. The van der Waals surface area contributed by atoms with Crippen molar-refractivity contribution in [3.05, 3.63) is 59.7 Å². The molecule has 0 heterocycles. The van der Waals surface area contributed by atoms with Crippen LogP contribution in [0.15, 0.2) is 42.5 Å². The fraction of sp³-hybridized carbons (Fsp3) is 0.368. The molecule has 0 bridgehead atoms. The molecule has 0 N–H and O–H groups in total. The molecule has 0 saturated carbocycles. The first-order valence-corrected chi connectivity index (χ1v) is 7.44. The Bertz CT molecular complexity index is 538. The number of benzene rings is 2. The number of fused-ring (bicyclic) bond motifs is 3. The van der Waals surface area contributed by atoms with Crippen LogP contribution in [-0.2, 0) is 5.41 Å². The van der Waals surface area contributed by atoms with Gasteiger partial charge in [0.25, 0.3) is 0 Å². The molecule has 1 aliphatic carbocycles. The minimum absolute atomic E-state index is 0. The number of hydrogen-bond donors (Lipinski definition) is 0. The molecule has 0 saturated heterocycles. The van der Waals surface area contributed by atoms with Gasteiger partial charge in [0.05, 0.1) is 0 Å². The predicted molar refractivity (Wildman–Crippen MR) is 87.1 cm³/mol. The third kappa shape index (κ3) is 2.95. The molecule has 0 radical (unpaired) electrons. The average Bonchev–Trinajstić information content (AvgIpc) is 2.72. The Morgan fingerprint density at radius 1 is 0.905 bits per heavy atom. The van der Waals surface area contributed by atoms with Gasteiger partial charge in [0.15, 0.2) is 0 Å². The molecule has 0 spiro atoms. The van der Waals surface area contributed by atoms with Crippen LogP contribution in [0.5, 0.6) is 0 Å². The maximum Gasteiger partial charge on any atom is 2.00 e. The van der Waals surface area contributed by atoms with E-state index in [9.17, 15) is 0 Å². The van der Waals surface area contributed by atoms with Gasteiger partial charge >= 0.3 is 23.1 Å². The van der Waals surface area contributed by atoms with Crippen molar-refractivity contribution in [2.24, 2.45) is 0 Å². The topological polar surface area (TPSA) is 0 Å². The number of halogens is 1. The van der Waals surface area contributed by atoms with Gasteiger partial charge in [-0.2, -0.15) is 24.3 Å². The van der Waals surface area contributed by atoms with E-state index in [-0.39, 0.29) is 45.4 Å². The second-order valence-electron chi connectivity index (χ2n) is 5.60. The zero-order valence-electron chi connectivity index (χ0n) is 13.0. The summed E-state index contributed by atoms with van der Waals surface area (Å²) in [5.74, 6) is 0. The van der Waals surface area contributed by atoms with E-state index in [1.54, 1.807) is 0 Å². The molecule has 3 rings (SSSR count). The van der Waals surface area contributed by atoms with E-state index < -0.39 is 0 Å². The average molecular weight is 354 g/mol. The van der Waals surface area contributed by atoms with Gasteiger partial charge in [0.1, 0.15) is 0 Å². The molecule has 0 nitrogen and oxygen atoms in total. The van der Waals surface area contributed by atoms with Crippen molar-refractivity contribution in [2.45, 2.75) is 44.9 Å². The Kier molecular flexibility index (Phi) is 6.96. The van der Waals surface area contributed by atoms with Crippen molar-refractivity contribution in [1.82, 2.24) is 0 Å². The van der Waals surface area contributed by atoms with Crippen molar-refractivity contribution in [3.63, 3.8) is 0 Å². The summed E-state index contributed by atoms with van der Waals surface area (Å²) in [6.07, 6.45) is 4.93. The van der Waals surface area contributed by atoms with Gasteiger partial charge in [0, 0.05) is 0 Å². The molecule has 106 valence electrons. The molecule has 0 atom stereocenters. The summed E-state index contributed by atoms with van der Waals surface area (Å²) < 4.78 is 0. The maximum atomic E-state index is 3.30. The monoisotopic (exact) mass is 352 g/mol. The van der Waals surface area contributed by atoms with Crippen molar-refractivity contribution < 1.29 is 17.0 Å². The maximum absolute atomic E-state index is 3.30. The third-order valence-corrected chi connectivity index (χ3v) is 4.47. The van der Waals surface area contributed by atoms with E-state index >= 15 is 0 Å². The molecule has 0 fully saturated rings. The number of rotatable bonds is 4. The van der Waals surface area contributed by atoms with E-state index in [0.717, 1.165) is 0 Å². The first-order valence-electron chi connectivity index (χ1n) is 7.44. The van der Waals surface area contributed by atoms with Crippen LogP contribution >= 0.6 is 0 Å². The van der Waals surface area contributed by atoms with E-state index in [4.69, 9.17) is 0 Å². The molecule has 0 aliphatic heterocycles. The third-order valence-electron chi connectivity index (χ3n) is 4.47. The quantitative estimate of drug-likeness (QED) is 0.582.